The van der Waals surface area contributed by atoms with Crippen LogP contribution in [-0.2, 0) is 13.6 Å². The summed E-state index contributed by atoms with van der Waals surface area (Å²) in [4.78, 5) is 29.7. The van der Waals surface area contributed by atoms with E-state index in [1.807, 2.05) is 0 Å². The van der Waals surface area contributed by atoms with Crippen LogP contribution in [0.5, 0.6) is 5.88 Å². The topological polar surface area (TPSA) is 76.4 Å². The van der Waals surface area contributed by atoms with Crippen LogP contribution in [0.3, 0.4) is 0 Å². The standard InChI is InChI=1S/C22H26N6O2/c1-26-15-25-16(11-21(26)29)13-27-7-9-28(10-8-27)17-5-6-20-19(12-17)22(24-14-23-20)30-18-3-2-4-18/h5-6,11-12,14-15,18H,2-4,7-10,13H2,1H3. The van der Waals surface area contributed by atoms with Gasteiger partial charge in [0.15, 0.2) is 0 Å². The lowest BCUT2D eigenvalue weighted by molar-refractivity contribution is 0.116. The Kier molecular flexibility index (Phi) is 5.08. The van der Waals surface area contributed by atoms with Crippen molar-refractivity contribution in [2.45, 2.75) is 31.9 Å². The summed E-state index contributed by atoms with van der Waals surface area (Å²) >= 11 is 0. The zero-order chi connectivity index (χ0) is 20.5. The first-order chi connectivity index (χ1) is 14.7. The maximum absolute atomic E-state index is 11.8. The van der Waals surface area contributed by atoms with Crippen LogP contribution >= 0.6 is 0 Å². The molecule has 3 aromatic rings. The van der Waals surface area contributed by atoms with Gasteiger partial charge in [-0.25, -0.2) is 15.0 Å². The number of nitrogens with zero attached hydrogens (tertiary/aromatic N) is 6. The molecule has 3 heterocycles. The van der Waals surface area contributed by atoms with Gasteiger partial charge in [-0.05, 0) is 37.5 Å². The number of fused-ring (bicyclic) bond motifs is 1. The monoisotopic (exact) mass is 406 g/mol. The molecule has 156 valence electrons. The molecule has 0 atom stereocenters. The van der Waals surface area contributed by atoms with E-state index in [1.54, 1.807) is 25.8 Å². The van der Waals surface area contributed by atoms with Crippen LogP contribution in [-0.4, -0.2) is 56.7 Å². The molecule has 1 saturated carbocycles. The molecule has 1 aliphatic heterocycles. The van der Waals surface area contributed by atoms with Crippen molar-refractivity contribution in [1.29, 1.82) is 0 Å². The summed E-state index contributed by atoms with van der Waals surface area (Å²) < 4.78 is 7.59. The number of hydrogen-bond donors (Lipinski definition) is 0. The maximum atomic E-state index is 11.8. The fourth-order valence-electron chi connectivity index (χ4n) is 3.94. The van der Waals surface area contributed by atoms with Crippen LogP contribution < -0.4 is 15.2 Å². The third-order valence-corrected chi connectivity index (χ3v) is 6.07. The Balaban J connectivity index is 1.27. The van der Waals surface area contributed by atoms with Gasteiger partial charge in [-0.2, -0.15) is 0 Å². The fraction of sp³-hybridized carbons (Fsp3) is 0.455. The Bertz CT molecular complexity index is 1100. The van der Waals surface area contributed by atoms with Gasteiger partial charge in [0.05, 0.1) is 22.9 Å². The number of ether oxygens (including phenoxy) is 1. The third kappa shape index (κ3) is 3.87. The largest absolute Gasteiger partial charge is 0.474 e. The molecule has 0 unspecified atom stereocenters. The molecule has 0 N–H and O–H groups in total. The lowest BCUT2D eigenvalue weighted by atomic mass is 9.96. The Morgan fingerprint density at radius 2 is 1.90 bits per heavy atom. The summed E-state index contributed by atoms with van der Waals surface area (Å²) in [6.45, 7) is 4.39. The third-order valence-electron chi connectivity index (χ3n) is 6.07. The second kappa shape index (κ2) is 8.02. The van der Waals surface area contributed by atoms with Crippen LogP contribution in [0.15, 0.2) is 41.7 Å². The van der Waals surface area contributed by atoms with Gasteiger partial charge in [0.25, 0.3) is 5.56 Å². The van der Waals surface area contributed by atoms with E-state index in [9.17, 15) is 4.79 Å². The summed E-state index contributed by atoms with van der Waals surface area (Å²) in [5.41, 5.74) is 2.89. The predicted octanol–water partition coefficient (Wildman–Crippen LogP) is 1.98. The second-order valence-electron chi connectivity index (χ2n) is 8.14. The highest BCUT2D eigenvalue weighted by Gasteiger charge is 2.22. The van der Waals surface area contributed by atoms with Crippen LogP contribution in [0.25, 0.3) is 10.9 Å². The molecule has 1 aliphatic carbocycles. The lowest BCUT2D eigenvalue weighted by Gasteiger charge is -2.36. The molecule has 0 spiro atoms. The number of aromatic nitrogens is 4. The molecule has 5 rings (SSSR count). The fourth-order valence-corrected chi connectivity index (χ4v) is 3.94. The first-order valence-electron chi connectivity index (χ1n) is 10.6. The molecule has 0 bridgehead atoms. The Morgan fingerprint density at radius 1 is 1.07 bits per heavy atom. The minimum atomic E-state index is -0.0167. The van der Waals surface area contributed by atoms with Crippen LogP contribution in [0.2, 0.25) is 0 Å². The van der Waals surface area contributed by atoms with Crippen molar-refractivity contribution in [3.05, 3.63) is 53.0 Å². The molecule has 8 heteroatoms. The van der Waals surface area contributed by atoms with Crippen molar-refractivity contribution in [1.82, 2.24) is 24.4 Å². The molecule has 1 aromatic carbocycles. The van der Waals surface area contributed by atoms with Gasteiger partial charge >= 0.3 is 0 Å². The second-order valence-corrected chi connectivity index (χ2v) is 8.14. The average molecular weight is 406 g/mol. The number of benzene rings is 1. The number of rotatable bonds is 5. The quantitative estimate of drug-likeness (QED) is 0.641. The molecule has 8 nitrogen and oxygen atoms in total. The van der Waals surface area contributed by atoms with Crippen molar-refractivity contribution in [3.8, 4) is 5.88 Å². The van der Waals surface area contributed by atoms with Crippen molar-refractivity contribution in [3.63, 3.8) is 0 Å². The maximum Gasteiger partial charge on any atom is 0.253 e. The highest BCUT2D eigenvalue weighted by Crippen LogP contribution is 2.31. The number of aryl methyl sites for hydroxylation is 1. The zero-order valence-corrected chi connectivity index (χ0v) is 17.2. The van der Waals surface area contributed by atoms with Gasteiger partial charge < -0.3 is 14.2 Å². The molecular formula is C22H26N6O2. The predicted molar refractivity (Wildman–Crippen MR) is 115 cm³/mol. The lowest BCUT2D eigenvalue weighted by Crippen LogP contribution is -2.46. The molecule has 2 fully saturated rings. The molecule has 30 heavy (non-hydrogen) atoms. The van der Waals surface area contributed by atoms with E-state index in [0.717, 1.165) is 55.6 Å². The van der Waals surface area contributed by atoms with E-state index in [1.165, 1.54) is 16.7 Å². The minimum Gasteiger partial charge on any atom is -0.474 e. The van der Waals surface area contributed by atoms with Gasteiger partial charge in [-0.3, -0.25) is 9.69 Å². The van der Waals surface area contributed by atoms with E-state index in [4.69, 9.17) is 4.74 Å². The Hall–Kier alpha value is -3.00. The van der Waals surface area contributed by atoms with Crippen molar-refractivity contribution < 1.29 is 4.74 Å². The minimum absolute atomic E-state index is 0.0167. The highest BCUT2D eigenvalue weighted by molar-refractivity contribution is 5.86. The number of hydrogen-bond acceptors (Lipinski definition) is 7. The number of anilines is 1. The Labute approximate surface area is 175 Å². The molecule has 1 saturated heterocycles. The number of piperazine rings is 1. The summed E-state index contributed by atoms with van der Waals surface area (Å²) in [6.07, 6.45) is 6.91. The first kappa shape index (κ1) is 19.0. The van der Waals surface area contributed by atoms with Crippen molar-refractivity contribution in [2.24, 2.45) is 7.05 Å². The molecular weight excluding hydrogens is 380 g/mol. The van der Waals surface area contributed by atoms with Crippen LogP contribution in [0, 0.1) is 0 Å². The van der Waals surface area contributed by atoms with Gasteiger partial charge in [0.2, 0.25) is 5.88 Å². The SMILES string of the molecule is Cn1cnc(CN2CCN(c3ccc4ncnc(OC5CCC5)c4c3)CC2)cc1=O. The van der Waals surface area contributed by atoms with E-state index >= 15 is 0 Å². The Morgan fingerprint density at radius 3 is 2.63 bits per heavy atom. The van der Waals surface area contributed by atoms with Crippen molar-refractivity contribution >= 4 is 16.6 Å². The van der Waals surface area contributed by atoms with Crippen LogP contribution in [0.4, 0.5) is 5.69 Å². The molecule has 0 radical (unpaired) electrons. The summed E-state index contributed by atoms with van der Waals surface area (Å²) in [6, 6.07) is 7.96. The summed E-state index contributed by atoms with van der Waals surface area (Å²) in [5.74, 6) is 0.696. The van der Waals surface area contributed by atoms with Gasteiger partial charge in [-0.15, -0.1) is 0 Å². The molecule has 0 amide bonds. The van der Waals surface area contributed by atoms with Crippen LogP contribution in [0.1, 0.15) is 25.0 Å². The smallest absolute Gasteiger partial charge is 0.253 e. The van der Waals surface area contributed by atoms with Gasteiger partial charge in [0.1, 0.15) is 12.4 Å². The van der Waals surface area contributed by atoms with Gasteiger partial charge in [0, 0.05) is 51.5 Å². The van der Waals surface area contributed by atoms with E-state index < -0.39 is 0 Å². The first-order valence-corrected chi connectivity index (χ1v) is 10.6. The highest BCUT2D eigenvalue weighted by atomic mass is 16.5. The molecule has 2 aromatic heterocycles. The summed E-state index contributed by atoms with van der Waals surface area (Å²) in [7, 11) is 1.72. The molecule has 2 aliphatic rings. The van der Waals surface area contributed by atoms with E-state index in [-0.39, 0.29) is 5.56 Å². The zero-order valence-electron chi connectivity index (χ0n) is 17.2. The van der Waals surface area contributed by atoms with E-state index in [0.29, 0.717) is 18.5 Å². The normalized spacial score (nSPS) is 17.8. The average Bonchev–Trinajstić information content (AvgIpc) is 2.74. The van der Waals surface area contributed by atoms with Gasteiger partial charge in [-0.1, -0.05) is 0 Å². The van der Waals surface area contributed by atoms with E-state index in [2.05, 4.69) is 43.0 Å². The summed E-state index contributed by atoms with van der Waals surface area (Å²) in [5, 5.41) is 0.980. The van der Waals surface area contributed by atoms with Crippen molar-refractivity contribution in [2.75, 3.05) is 31.1 Å².